The number of carbonyl (C=O) groups is 1. The number of benzene rings is 2. The maximum Gasteiger partial charge on any atom is 0.322 e. The quantitative estimate of drug-likeness (QED) is 0.600. The lowest BCUT2D eigenvalue weighted by atomic mass is 10.1. The Balaban J connectivity index is 1.65. The van der Waals surface area contributed by atoms with Crippen molar-refractivity contribution in [3.8, 4) is 0 Å². The van der Waals surface area contributed by atoms with Crippen LogP contribution in [0.3, 0.4) is 0 Å². The number of pyridine rings is 1. The molecule has 1 aliphatic rings. The number of urea groups is 1. The lowest BCUT2D eigenvalue weighted by molar-refractivity contribution is 0.184. The zero-order valence-electron chi connectivity index (χ0n) is 16.4. The third-order valence-corrected chi connectivity index (χ3v) is 5.98. The maximum atomic E-state index is 13.1. The molecule has 0 spiro atoms. The number of hydrogen-bond acceptors (Lipinski definition) is 2. The van der Waals surface area contributed by atoms with E-state index in [-0.39, 0.29) is 24.2 Å². The van der Waals surface area contributed by atoms with Crippen molar-refractivity contribution < 1.29 is 4.79 Å². The summed E-state index contributed by atoms with van der Waals surface area (Å²) in [7, 11) is 0. The van der Waals surface area contributed by atoms with Crippen LogP contribution in [-0.2, 0) is 6.54 Å². The fraction of sp³-hybridized carbons (Fsp3) is 0.304. The highest BCUT2D eigenvalue weighted by Crippen LogP contribution is 2.27. The van der Waals surface area contributed by atoms with Gasteiger partial charge in [-0.15, -0.1) is 0 Å². The van der Waals surface area contributed by atoms with Gasteiger partial charge < -0.3 is 15.2 Å². The van der Waals surface area contributed by atoms with E-state index >= 15 is 0 Å². The summed E-state index contributed by atoms with van der Waals surface area (Å²) < 4.78 is 0. The summed E-state index contributed by atoms with van der Waals surface area (Å²) in [6.45, 7) is 2.24. The van der Waals surface area contributed by atoms with E-state index in [0.717, 1.165) is 42.1 Å². The first-order valence-corrected chi connectivity index (χ1v) is 10.3. The Morgan fingerprint density at radius 1 is 1.17 bits per heavy atom. The maximum absolute atomic E-state index is 13.1. The van der Waals surface area contributed by atoms with Gasteiger partial charge in [0.25, 0.3) is 5.56 Å². The number of halogens is 1. The normalized spacial score (nSPS) is 14.3. The fourth-order valence-electron chi connectivity index (χ4n) is 4.06. The second-order valence-electron chi connectivity index (χ2n) is 7.64. The Hall–Kier alpha value is -2.79. The Morgan fingerprint density at radius 3 is 2.69 bits per heavy atom. The number of para-hydroxylation sites is 2. The Labute approximate surface area is 174 Å². The molecule has 1 aliphatic carbocycles. The Kier molecular flexibility index (Phi) is 5.58. The molecule has 6 heteroatoms. The summed E-state index contributed by atoms with van der Waals surface area (Å²) in [6.07, 6.45) is 4.07. The third kappa shape index (κ3) is 4.15. The van der Waals surface area contributed by atoms with Crippen LogP contribution in [0.5, 0.6) is 0 Å². The zero-order valence-corrected chi connectivity index (χ0v) is 17.1. The van der Waals surface area contributed by atoms with Crippen LogP contribution < -0.4 is 10.9 Å². The van der Waals surface area contributed by atoms with Gasteiger partial charge in [0.05, 0.1) is 22.8 Å². The van der Waals surface area contributed by atoms with Crippen molar-refractivity contribution in [2.45, 2.75) is 45.2 Å². The number of hydrogen-bond donors (Lipinski definition) is 2. The number of rotatable bonds is 4. The smallest absolute Gasteiger partial charge is 0.321 e. The highest BCUT2D eigenvalue weighted by Gasteiger charge is 2.28. The van der Waals surface area contributed by atoms with Gasteiger partial charge in [-0.2, -0.15) is 0 Å². The summed E-state index contributed by atoms with van der Waals surface area (Å²) in [4.78, 5) is 30.6. The van der Waals surface area contributed by atoms with E-state index in [0.29, 0.717) is 16.3 Å². The molecule has 0 saturated heterocycles. The highest BCUT2D eigenvalue weighted by atomic mass is 35.5. The van der Waals surface area contributed by atoms with Crippen LogP contribution in [0.4, 0.5) is 10.5 Å². The van der Waals surface area contributed by atoms with Crippen LogP contribution in [0.2, 0.25) is 5.02 Å². The molecule has 0 bridgehead atoms. The lowest BCUT2D eigenvalue weighted by Gasteiger charge is -2.29. The first kappa shape index (κ1) is 19.5. The molecule has 1 aromatic heterocycles. The molecule has 2 N–H and O–H groups in total. The summed E-state index contributed by atoms with van der Waals surface area (Å²) in [5.74, 6) is 0. The lowest BCUT2D eigenvalue weighted by Crippen LogP contribution is -2.42. The highest BCUT2D eigenvalue weighted by molar-refractivity contribution is 6.33. The number of H-pyrrole nitrogens is 1. The molecule has 150 valence electrons. The summed E-state index contributed by atoms with van der Waals surface area (Å²) >= 11 is 6.21. The average molecular weight is 410 g/mol. The topological polar surface area (TPSA) is 65.2 Å². The van der Waals surface area contributed by atoms with Crippen molar-refractivity contribution in [3.63, 3.8) is 0 Å². The van der Waals surface area contributed by atoms with Gasteiger partial charge in [0.2, 0.25) is 0 Å². The number of aromatic amines is 1. The van der Waals surface area contributed by atoms with Crippen molar-refractivity contribution in [2.75, 3.05) is 5.32 Å². The second-order valence-corrected chi connectivity index (χ2v) is 8.05. The molecule has 2 aromatic carbocycles. The van der Waals surface area contributed by atoms with Crippen molar-refractivity contribution in [3.05, 3.63) is 75.0 Å². The van der Waals surface area contributed by atoms with Gasteiger partial charge in [-0.3, -0.25) is 4.79 Å². The van der Waals surface area contributed by atoms with Crippen LogP contribution in [0, 0.1) is 6.92 Å². The van der Waals surface area contributed by atoms with E-state index in [4.69, 9.17) is 11.6 Å². The van der Waals surface area contributed by atoms with E-state index < -0.39 is 0 Å². The standard InChI is InChI=1S/C23H24ClN3O2/c1-15-7-6-8-16-13-17(22(28)26-21(15)16)14-27(18-9-2-3-10-18)23(29)25-20-12-5-4-11-19(20)24/h4-8,11-13,18H,2-3,9-10,14H2,1H3,(H,25,29)(H,26,28). The van der Waals surface area contributed by atoms with Gasteiger partial charge in [-0.05, 0) is 48.9 Å². The molecule has 2 amide bonds. The summed E-state index contributed by atoms with van der Waals surface area (Å²) in [5, 5.41) is 4.38. The van der Waals surface area contributed by atoms with Gasteiger partial charge in [-0.1, -0.05) is 54.8 Å². The van der Waals surface area contributed by atoms with E-state index in [1.165, 1.54) is 0 Å². The fourth-order valence-corrected chi connectivity index (χ4v) is 4.24. The van der Waals surface area contributed by atoms with E-state index in [2.05, 4.69) is 10.3 Å². The molecule has 1 heterocycles. The van der Waals surface area contributed by atoms with Gasteiger partial charge in [0.15, 0.2) is 0 Å². The van der Waals surface area contributed by atoms with Crippen molar-refractivity contribution >= 4 is 34.2 Å². The SMILES string of the molecule is Cc1cccc2cc(CN(C(=O)Nc3ccccc3Cl)C3CCCC3)c(=O)[nH]c12. The minimum absolute atomic E-state index is 0.116. The molecule has 0 unspecified atom stereocenters. The first-order chi connectivity index (χ1) is 14.0. The first-order valence-electron chi connectivity index (χ1n) is 9.96. The molecule has 1 saturated carbocycles. The van der Waals surface area contributed by atoms with Crippen LogP contribution in [0.15, 0.2) is 53.3 Å². The monoisotopic (exact) mass is 409 g/mol. The Bertz CT molecular complexity index is 1100. The van der Waals surface area contributed by atoms with E-state index in [1.54, 1.807) is 17.0 Å². The van der Waals surface area contributed by atoms with Crippen LogP contribution in [-0.4, -0.2) is 22.0 Å². The van der Waals surface area contributed by atoms with E-state index in [9.17, 15) is 9.59 Å². The minimum atomic E-state index is -0.228. The molecule has 4 rings (SSSR count). The molecular weight excluding hydrogens is 386 g/mol. The number of amides is 2. The average Bonchev–Trinajstić information content (AvgIpc) is 3.23. The predicted molar refractivity (Wildman–Crippen MR) is 118 cm³/mol. The number of fused-ring (bicyclic) bond motifs is 1. The minimum Gasteiger partial charge on any atom is -0.321 e. The molecule has 29 heavy (non-hydrogen) atoms. The molecular formula is C23H24ClN3O2. The zero-order chi connectivity index (χ0) is 20.4. The molecule has 0 radical (unpaired) electrons. The van der Waals surface area contributed by atoms with Crippen LogP contribution >= 0.6 is 11.6 Å². The van der Waals surface area contributed by atoms with Gasteiger partial charge in [-0.25, -0.2) is 4.79 Å². The molecule has 1 fully saturated rings. The molecule has 3 aromatic rings. The summed E-state index contributed by atoms with van der Waals surface area (Å²) in [6, 6.07) is 14.9. The number of nitrogens with one attached hydrogen (secondary N) is 2. The van der Waals surface area contributed by atoms with Gasteiger partial charge in [0.1, 0.15) is 0 Å². The number of anilines is 1. The van der Waals surface area contributed by atoms with Crippen molar-refractivity contribution in [1.82, 2.24) is 9.88 Å². The number of nitrogens with zero attached hydrogens (tertiary/aromatic N) is 1. The van der Waals surface area contributed by atoms with Crippen LogP contribution in [0.25, 0.3) is 10.9 Å². The van der Waals surface area contributed by atoms with Crippen LogP contribution in [0.1, 0.15) is 36.8 Å². The van der Waals surface area contributed by atoms with Crippen molar-refractivity contribution in [2.24, 2.45) is 0 Å². The number of carbonyl (C=O) groups excluding carboxylic acids is 1. The third-order valence-electron chi connectivity index (χ3n) is 5.65. The van der Waals surface area contributed by atoms with E-state index in [1.807, 2.05) is 43.3 Å². The summed E-state index contributed by atoms with van der Waals surface area (Å²) in [5.41, 5.74) is 2.87. The number of aromatic nitrogens is 1. The van der Waals surface area contributed by atoms with Gasteiger partial charge >= 0.3 is 6.03 Å². The number of aryl methyl sites for hydroxylation is 1. The predicted octanol–water partition coefficient (Wildman–Crippen LogP) is 5.47. The molecule has 0 aliphatic heterocycles. The second kappa shape index (κ2) is 8.29. The molecule has 5 nitrogen and oxygen atoms in total. The largest absolute Gasteiger partial charge is 0.322 e. The van der Waals surface area contributed by atoms with Crippen molar-refractivity contribution in [1.29, 1.82) is 0 Å². The molecule has 0 atom stereocenters. The Morgan fingerprint density at radius 2 is 1.93 bits per heavy atom. The van der Waals surface area contributed by atoms with Gasteiger partial charge in [0, 0.05) is 11.6 Å².